The third-order valence-corrected chi connectivity index (χ3v) is 20.9. The van der Waals surface area contributed by atoms with E-state index in [1.165, 1.54) is 10.9 Å². The van der Waals surface area contributed by atoms with Gasteiger partial charge in [-0.25, -0.2) is 19.7 Å². The van der Waals surface area contributed by atoms with Gasteiger partial charge in [-0.05, 0) is 89.4 Å². The number of imidazole rings is 1. The van der Waals surface area contributed by atoms with Crippen molar-refractivity contribution in [3.8, 4) is 11.5 Å². The van der Waals surface area contributed by atoms with Crippen molar-refractivity contribution in [3.05, 3.63) is 203 Å². The van der Waals surface area contributed by atoms with Gasteiger partial charge in [-0.2, -0.15) is 4.98 Å². The fourth-order valence-electron chi connectivity index (χ4n) is 9.92. The van der Waals surface area contributed by atoms with Crippen LogP contribution >= 0.6 is 8.38 Å². The molecule has 21 heteroatoms. The number of methoxy groups -OCH3 is 2. The Labute approximate surface area is 478 Å². The highest BCUT2D eigenvalue weighted by atomic mass is 31.2. The minimum absolute atomic E-state index is 0.0133. The maximum Gasteiger partial charge on any atom is 0.351 e. The molecule has 82 heavy (non-hydrogen) atoms. The molecule has 0 aliphatic carbocycles. The van der Waals surface area contributed by atoms with E-state index in [-0.39, 0.29) is 48.3 Å². The lowest BCUT2D eigenvalue weighted by Gasteiger charge is -2.39. The Hall–Kier alpha value is -7.52. The van der Waals surface area contributed by atoms with E-state index in [0.29, 0.717) is 40.2 Å². The van der Waals surface area contributed by atoms with Gasteiger partial charge in [-0.3, -0.25) is 18.7 Å². The van der Waals surface area contributed by atoms with Crippen LogP contribution in [0.2, 0.25) is 18.1 Å². The maximum atomic E-state index is 14.0. The van der Waals surface area contributed by atoms with Gasteiger partial charge in [0.05, 0.1) is 46.0 Å². The van der Waals surface area contributed by atoms with Gasteiger partial charge in [0.15, 0.2) is 33.7 Å². The highest BCUT2D eigenvalue weighted by Crippen LogP contribution is 2.47. The summed E-state index contributed by atoms with van der Waals surface area (Å²) in [6.45, 7) is 13.0. The van der Waals surface area contributed by atoms with Crippen molar-refractivity contribution in [2.24, 2.45) is 0 Å². The molecule has 1 unspecified atom stereocenters. The number of amides is 2. The third-order valence-electron chi connectivity index (χ3n) is 15.3. The number of ether oxygens (including phenoxy) is 5. The van der Waals surface area contributed by atoms with Crippen molar-refractivity contribution >= 4 is 51.3 Å². The molecule has 2 aliphatic heterocycles. The van der Waals surface area contributed by atoms with Gasteiger partial charge in [0, 0.05) is 36.8 Å². The van der Waals surface area contributed by atoms with Crippen LogP contribution in [0, 0.1) is 0 Å². The minimum Gasteiger partial charge on any atom is -0.497 e. The molecule has 426 valence electrons. The minimum atomic E-state index is -2.37. The molecule has 7 atom stereocenters. The fraction of sp³-hybridized carbons (Fsp3) is 0.328. The summed E-state index contributed by atoms with van der Waals surface area (Å²) in [6.07, 6.45) is 1.52. The third kappa shape index (κ3) is 12.6. The standard InChI is InChI=1S/C61H67N8O11PSi/c1-60(2,3)82(7,8)80-48-35-53(69-39-64-54-55(62-38-63-56(54)69)67-58(71)41-20-14-10-15-21-41)78-50(48)37-76-81(6)79-47-34-52(68-33-32-51(66-59(68)72)65-57(70)40-18-12-9-13-19-40)77-49(47)36-75-61(42-22-16-11-17-23-42,43-24-28-45(73-4)29-25-43)44-26-30-46(74-5)31-27-44/h9-33,38-39,47-50,52-53H,34-37H2,1-8H3,(H,62,63,67,71)(H,65,66,70,72)/t47-,48-,49+,50+,52+,53+,81?/m0/s1. The molecule has 0 spiro atoms. The maximum absolute atomic E-state index is 14.0. The van der Waals surface area contributed by atoms with E-state index in [0.717, 1.165) is 16.7 Å². The number of anilines is 2. The number of nitrogens with one attached hydrogen (secondary N) is 2. The van der Waals surface area contributed by atoms with Crippen molar-refractivity contribution in [3.63, 3.8) is 0 Å². The fourth-order valence-corrected chi connectivity index (χ4v) is 12.3. The molecule has 2 fully saturated rings. The normalized spacial score (nSPS) is 19.7. The zero-order valence-electron chi connectivity index (χ0n) is 47.0. The first-order valence-electron chi connectivity index (χ1n) is 27.0. The number of rotatable bonds is 21. The van der Waals surface area contributed by atoms with Gasteiger partial charge < -0.3 is 47.8 Å². The summed E-state index contributed by atoms with van der Waals surface area (Å²) in [4.78, 5) is 58.1. The van der Waals surface area contributed by atoms with E-state index in [1.807, 2.05) is 102 Å². The van der Waals surface area contributed by atoms with Crippen LogP contribution in [0.5, 0.6) is 11.5 Å². The van der Waals surface area contributed by atoms with Crippen LogP contribution in [0.1, 0.15) is 83.5 Å². The second-order valence-electron chi connectivity index (χ2n) is 21.5. The number of carbonyl (C=O) groups excluding carboxylic acids is 2. The average molecular weight is 1150 g/mol. The van der Waals surface area contributed by atoms with Gasteiger partial charge in [0.2, 0.25) is 0 Å². The number of aromatic nitrogens is 6. The van der Waals surface area contributed by atoms with Crippen molar-refractivity contribution in [2.75, 3.05) is 44.7 Å². The Balaban J connectivity index is 0.926. The van der Waals surface area contributed by atoms with Crippen LogP contribution in [0.15, 0.2) is 169 Å². The van der Waals surface area contributed by atoms with Gasteiger partial charge in [0.25, 0.3) is 11.8 Å². The van der Waals surface area contributed by atoms with Crippen LogP contribution in [0.3, 0.4) is 0 Å². The zero-order chi connectivity index (χ0) is 57.6. The first-order valence-corrected chi connectivity index (χ1v) is 31.6. The molecule has 2 aliphatic rings. The average Bonchev–Trinajstić information content (AvgIpc) is 3.63. The molecule has 3 aromatic heterocycles. The Morgan fingerprint density at radius 1 is 0.671 bits per heavy atom. The monoisotopic (exact) mass is 1150 g/mol. The summed E-state index contributed by atoms with van der Waals surface area (Å²) in [7, 11) is -0.783. The van der Waals surface area contributed by atoms with Crippen LogP contribution in [-0.4, -0.2) is 108 Å². The van der Waals surface area contributed by atoms with Crippen molar-refractivity contribution in [2.45, 2.75) is 94.2 Å². The molecule has 10 rings (SSSR count). The van der Waals surface area contributed by atoms with E-state index in [9.17, 15) is 14.4 Å². The molecule has 8 aromatic rings. The van der Waals surface area contributed by atoms with Crippen molar-refractivity contribution < 1.29 is 46.7 Å². The quantitative estimate of drug-likeness (QED) is 0.0389. The lowest BCUT2D eigenvalue weighted by atomic mass is 9.80. The molecular weight excluding hydrogens is 1080 g/mol. The Morgan fingerprint density at radius 3 is 1.78 bits per heavy atom. The summed E-state index contributed by atoms with van der Waals surface area (Å²) < 4.78 is 56.2. The largest absolute Gasteiger partial charge is 0.497 e. The Morgan fingerprint density at radius 2 is 1.21 bits per heavy atom. The summed E-state index contributed by atoms with van der Waals surface area (Å²) in [6, 6.07) is 44.6. The molecule has 0 saturated carbocycles. The molecular formula is C61H67N8O11PSi. The highest BCUT2D eigenvalue weighted by molar-refractivity contribution is 7.46. The van der Waals surface area contributed by atoms with Crippen LogP contribution in [0.4, 0.5) is 11.6 Å². The number of nitrogens with zero attached hydrogens (tertiary/aromatic N) is 6. The number of fused-ring (bicyclic) bond motifs is 1. The number of hydrogen-bond donors (Lipinski definition) is 2. The number of carbonyl (C=O) groups is 2. The Kier molecular flexibility index (Phi) is 17.5. The van der Waals surface area contributed by atoms with Crippen LogP contribution in [-0.2, 0) is 33.3 Å². The summed E-state index contributed by atoms with van der Waals surface area (Å²) in [5.74, 6) is 1.00. The molecule has 2 N–H and O–H groups in total. The highest BCUT2D eigenvalue weighted by Gasteiger charge is 2.47. The van der Waals surface area contributed by atoms with Gasteiger partial charge in [-0.1, -0.05) is 112 Å². The number of hydrogen-bond acceptors (Lipinski definition) is 15. The second kappa shape index (κ2) is 24.9. The lowest BCUT2D eigenvalue weighted by molar-refractivity contribution is -0.0921. The van der Waals surface area contributed by atoms with E-state index in [1.54, 1.807) is 81.3 Å². The summed E-state index contributed by atoms with van der Waals surface area (Å²) in [5, 5.41) is 5.51. The molecule has 19 nitrogen and oxygen atoms in total. The van der Waals surface area contributed by atoms with E-state index in [2.05, 4.69) is 64.4 Å². The van der Waals surface area contributed by atoms with E-state index in [4.69, 9.17) is 37.2 Å². The topological polar surface area (TPSA) is 211 Å². The van der Waals surface area contributed by atoms with Gasteiger partial charge >= 0.3 is 5.69 Å². The zero-order valence-corrected chi connectivity index (χ0v) is 48.9. The Bertz CT molecular complexity index is 3470. The summed E-state index contributed by atoms with van der Waals surface area (Å²) in [5.41, 5.74) is 2.46. The van der Waals surface area contributed by atoms with Crippen molar-refractivity contribution in [1.82, 2.24) is 29.1 Å². The van der Waals surface area contributed by atoms with Crippen LogP contribution in [0.25, 0.3) is 11.2 Å². The SMILES string of the molecule is COc1ccc(C(OC[C@H]2O[C@@H](n3ccc(NC(=O)c4ccccc4)nc3=O)C[C@@H]2OP(C)OC[C@H]2O[C@@H](n3cnc4c(NC(=O)c5ccccc5)ncnc43)C[C@@H]2O[Si](C)(C)C(C)(C)C)(c2ccccc2)c2ccc(OC)cc2)cc1. The van der Waals surface area contributed by atoms with Crippen molar-refractivity contribution in [1.29, 1.82) is 0 Å². The molecule has 0 radical (unpaired) electrons. The van der Waals surface area contributed by atoms with E-state index < -0.39 is 64.7 Å². The predicted molar refractivity (Wildman–Crippen MR) is 314 cm³/mol. The first-order chi connectivity index (χ1) is 39.5. The second-order valence-corrected chi connectivity index (χ2v) is 27.6. The molecule has 5 aromatic carbocycles. The predicted octanol–water partition coefficient (Wildman–Crippen LogP) is 10.9. The van der Waals surface area contributed by atoms with Gasteiger partial charge in [0.1, 0.15) is 53.9 Å². The molecule has 2 amide bonds. The smallest absolute Gasteiger partial charge is 0.351 e. The first kappa shape index (κ1) is 57.7. The summed E-state index contributed by atoms with van der Waals surface area (Å²) >= 11 is 0. The molecule has 0 bridgehead atoms. The van der Waals surface area contributed by atoms with Crippen LogP contribution < -0.4 is 25.8 Å². The van der Waals surface area contributed by atoms with E-state index >= 15 is 0 Å². The molecule has 5 heterocycles. The van der Waals surface area contributed by atoms with Gasteiger partial charge in [-0.15, -0.1) is 0 Å². The lowest BCUT2D eigenvalue weighted by Crippen LogP contribution is -2.46. The number of benzene rings is 5. The molecule has 2 saturated heterocycles.